The second-order valence-corrected chi connectivity index (χ2v) is 24.0. The molecule has 19 nitrogen and oxygen atoms in total. The van der Waals surface area contributed by atoms with E-state index in [0.29, 0.717) is 56.3 Å². The van der Waals surface area contributed by atoms with Crippen molar-refractivity contribution in [3.63, 3.8) is 0 Å². The van der Waals surface area contributed by atoms with Crippen molar-refractivity contribution in [3.8, 4) is 0 Å². The van der Waals surface area contributed by atoms with Gasteiger partial charge in [-0.3, -0.25) is 19.3 Å². The first-order chi connectivity index (χ1) is 36.3. The highest BCUT2D eigenvalue weighted by molar-refractivity contribution is 6.02. The van der Waals surface area contributed by atoms with E-state index in [2.05, 4.69) is 26.6 Å². The van der Waals surface area contributed by atoms with Crippen molar-refractivity contribution in [2.45, 2.75) is 194 Å². The molecule has 0 unspecified atom stereocenters. The fourth-order valence-corrected chi connectivity index (χ4v) is 8.60. The molecule has 430 valence electrons. The molecule has 0 spiro atoms. The first-order valence-corrected chi connectivity index (χ1v) is 27.1. The second kappa shape index (κ2) is 28.6. The van der Waals surface area contributed by atoms with Crippen LogP contribution >= 0.6 is 0 Å². The molecule has 0 aromatic heterocycles. The Balaban J connectivity index is 1.47. The highest BCUT2D eigenvalue weighted by Gasteiger charge is 2.33. The summed E-state index contributed by atoms with van der Waals surface area (Å²) in [6, 6.07) is 16.4. The first kappa shape index (κ1) is 63.6. The van der Waals surface area contributed by atoms with Crippen molar-refractivity contribution < 1.29 is 62.0 Å². The molecule has 3 aromatic carbocycles. The van der Waals surface area contributed by atoms with Crippen LogP contribution in [0.5, 0.6) is 0 Å². The Labute approximate surface area is 460 Å². The van der Waals surface area contributed by atoms with E-state index in [0.717, 1.165) is 16.3 Å². The van der Waals surface area contributed by atoms with Crippen molar-refractivity contribution in [1.82, 2.24) is 26.6 Å². The lowest BCUT2D eigenvalue weighted by Gasteiger charge is -2.29. The van der Waals surface area contributed by atoms with Crippen molar-refractivity contribution in [3.05, 3.63) is 77.9 Å². The highest BCUT2D eigenvalue weighted by atomic mass is 16.6. The van der Waals surface area contributed by atoms with Gasteiger partial charge >= 0.3 is 36.1 Å². The SMILES string of the molecule is CN(C(=O)OC(C)(C)C)c1cc(C[C@@H](NC(=O)C2CCC(CNC(=O)OCc3ccccc3)CC2)C(=O)NCCCC[C@H](NC(=O)N[C@@H](CCC(=O)OC(C)(C)C)C(=O)OC(C)(C)C)C(=O)OC(C)(C)C)cc2ccccc12. The Bertz CT molecular complexity index is 2520. The standard InChI is InChI=1S/C59H86N6O13/c1-56(2,3)75-48(66)31-30-45(52(70)77-58(7,8)9)64-53(71)63-44(51(69)76-57(4,5)6)25-19-20-32-60-50(68)46(34-40-33-42-23-17-18-24-43(42)47(35-40)65(13)55(73)78-59(10,11)12)62-49(67)41-28-26-38(27-29-41)36-61-54(72)74-37-39-21-15-14-16-22-39/h14-18,21-24,33,35,38,41,44-46H,19-20,25-32,34,36-37H2,1-13H3,(H,60,68)(H,61,72)(H,62,67)(H2,63,64,71)/t38?,41?,44-,45-,46+/m0/s1. The summed E-state index contributed by atoms with van der Waals surface area (Å²) in [5.74, 6) is -3.03. The number of fused-ring (bicyclic) bond motifs is 1. The number of anilines is 1. The monoisotopic (exact) mass is 1090 g/mol. The van der Waals surface area contributed by atoms with Crippen LogP contribution in [0.25, 0.3) is 10.8 Å². The van der Waals surface area contributed by atoms with Crippen LogP contribution in [-0.2, 0) is 60.7 Å². The van der Waals surface area contributed by atoms with Gasteiger partial charge in [0.25, 0.3) is 0 Å². The zero-order chi connectivity index (χ0) is 58.0. The number of ether oxygens (including phenoxy) is 5. The number of carbonyl (C=O) groups excluding carboxylic acids is 8. The molecule has 1 fully saturated rings. The summed E-state index contributed by atoms with van der Waals surface area (Å²) in [5.41, 5.74) is -1.21. The van der Waals surface area contributed by atoms with E-state index >= 15 is 0 Å². The summed E-state index contributed by atoms with van der Waals surface area (Å²) in [7, 11) is 1.62. The second-order valence-electron chi connectivity index (χ2n) is 24.0. The average Bonchev–Trinajstić information content (AvgIpc) is 3.33. The van der Waals surface area contributed by atoms with Crippen molar-refractivity contribution in [2.24, 2.45) is 11.8 Å². The normalized spacial score (nSPS) is 16.0. The smallest absolute Gasteiger partial charge is 0.414 e. The molecule has 4 rings (SSSR count). The summed E-state index contributed by atoms with van der Waals surface area (Å²) >= 11 is 0. The molecule has 1 aliphatic rings. The maximum Gasteiger partial charge on any atom is 0.414 e. The number of hydrogen-bond donors (Lipinski definition) is 5. The van der Waals surface area contributed by atoms with E-state index in [4.69, 9.17) is 23.7 Å². The van der Waals surface area contributed by atoms with Crippen molar-refractivity contribution in [1.29, 1.82) is 0 Å². The number of hydrogen-bond acceptors (Lipinski definition) is 13. The first-order valence-electron chi connectivity index (χ1n) is 27.1. The van der Waals surface area contributed by atoms with Gasteiger partial charge in [0.15, 0.2) is 0 Å². The van der Waals surface area contributed by atoms with Gasteiger partial charge in [-0.15, -0.1) is 0 Å². The predicted molar refractivity (Wildman–Crippen MR) is 297 cm³/mol. The lowest BCUT2D eigenvalue weighted by atomic mass is 9.81. The van der Waals surface area contributed by atoms with Gasteiger partial charge < -0.3 is 50.3 Å². The number of rotatable bonds is 22. The Hall–Kier alpha value is -6.92. The van der Waals surface area contributed by atoms with E-state index < -0.39 is 82.6 Å². The van der Waals surface area contributed by atoms with E-state index in [1.165, 1.54) is 4.90 Å². The number of amides is 6. The van der Waals surface area contributed by atoms with Gasteiger partial charge in [-0.25, -0.2) is 24.0 Å². The number of esters is 3. The average molecular weight is 1090 g/mol. The van der Waals surface area contributed by atoms with Gasteiger partial charge in [0, 0.05) is 44.3 Å². The zero-order valence-electron chi connectivity index (χ0n) is 48.2. The molecule has 0 aliphatic heterocycles. The van der Waals surface area contributed by atoms with Gasteiger partial charge in [-0.2, -0.15) is 0 Å². The lowest BCUT2D eigenvalue weighted by molar-refractivity contribution is -0.159. The number of benzene rings is 3. The van der Waals surface area contributed by atoms with E-state index in [1.54, 1.807) is 90.1 Å². The van der Waals surface area contributed by atoms with Crippen LogP contribution in [0.15, 0.2) is 66.7 Å². The molecule has 0 radical (unpaired) electrons. The third kappa shape index (κ3) is 23.4. The summed E-state index contributed by atoms with van der Waals surface area (Å²) in [6.07, 6.45) is 1.89. The van der Waals surface area contributed by atoms with Gasteiger partial charge in [-0.05, 0) is 163 Å². The summed E-state index contributed by atoms with van der Waals surface area (Å²) in [5, 5.41) is 15.7. The Morgan fingerprint density at radius 2 is 1.17 bits per heavy atom. The number of nitrogens with zero attached hydrogens (tertiary/aromatic N) is 1. The third-order valence-electron chi connectivity index (χ3n) is 12.2. The Kier molecular flexibility index (Phi) is 23.3. The van der Waals surface area contributed by atoms with Crippen LogP contribution < -0.4 is 31.5 Å². The molecule has 19 heteroatoms. The predicted octanol–water partition coefficient (Wildman–Crippen LogP) is 9.10. The van der Waals surface area contributed by atoms with Gasteiger partial charge in [0.05, 0.1) is 5.69 Å². The summed E-state index contributed by atoms with van der Waals surface area (Å²) < 4.78 is 27.7. The quantitative estimate of drug-likeness (QED) is 0.0358. The van der Waals surface area contributed by atoms with Crippen molar-refractivity contribution >= 4 is 64.4 Å². The molecule has 6 amide bonds. The molecule has 1 aliphatic carbocycles. The minimum absolute atomic E-state index is 0.0732. The highest BCUT2D eigenvalue weighted by Crippen LogP contribution is 2.32. The van der Waals surface area contributed by atoms with E-state index in [1.807, 2.05) is 66.7 Å². The topological polar surface area (TPSA) is 246 Å². The molecule has 78 heavy (non-hydrogen) atoms. The molecular weight excluding hydrogens is 1000 g/mol. The number of unbranched alkanes of at least 4 members (excludes halogenated alkanes) is 1. The van der Waals surface area contributed by atoms with Gasteiger partial charge in [0.2, 0.25) is 11.8 Å². The maximum atomic E-state index is 14.3. The third-order valence-corrected chi connectivity index (χ3v) is 12.2. The maximum absolute atomic E-state index is 14.3. The number of alkyl carbamates (subject to hydrolysis) is 1. The largest absolute Gasteiger partial charge is 0.460 e. The molecule has 0 heterocycles. The van der Waals surface area contributed by atoms with E-state index in [-0.39, 0.29) is 56.6 Å². The molecule has 1 saturated carbocycles. The van der Waals surface area contributed by atoms with Crippen LogP contribution in [-0.4, -0.2) is 109 Å². The van der Waals surface area contributed by atoms with Crippen molar-refractivity contribution in [2.75, 3.05) is 25.0 Å². The zero-order valence-corrected chi connectivity index (χ0v) is 48.2. The Morgan fingerprint density at radius 1 is 0.603 bits per heavy atom. The number of nitrogens with one attached hydrogen (secondary N) is 5. The molecule has 3 aromatic rings. The van der Waals surface area contributed by atoms with Crippen LogP contribution in [0.1, 0.15) is 152 Å². The number of urea groups is 1. The summed E-state index contributed by atoms with van der Waals surface area (Å²) in [4.78, 5) is 109. The molecule has 0 bridgehead atoms. The number of carbonyl (C=O) groups is 8. The summed E-state index contributed by atoms with van der Waals surface area (Å²) in [6.45, 7) is 21.3. The molecule has 5 N–H and O–H groups in total. The Morgan fingerprint density at radius 3 is 1.76 bits per heavy atom. The van der Waals surface area contributed by atoms with Crippen LogP contribution in [0.3, 0.4) is 0 Å². The minimum Gasteiger partial charge on any atom is -0.460 e. The van der Waals surface area contributed by atoms with Crippen LogP contribution in [0.4, 0.5) is 20.1 Å². The van der Waals surface area contributed by atoms with Gasteiger partial charge in [0.1, 0.15) is 47.1 Å². The van der Waals surface area contributed by atoms with Crippen LogP contribution in [0, 0.1) is 11.8 Å². The minimum atomic E-state index is -1.26. The van der Waals surface area contributed by atoms with Gasteiger partial charge in [-0.1, -0.05) is 60.7 Å². The molecular formula is C59H86N6O13. The van der Waals surface area contributed by atoms with E-state index in [9.17, 15) is 38.4 Å². The molecule has 0 saturated heterocycles. The molecule has 3 atom stereocenters. The lowest BCUT2D eigenvalue weighted by Crippen LogP contribution is -2.53. The fourth-order valence-electron chi connectivity index (χ4n) is 8.60. The van der Waals surface area contributed by atoms with Crippen LogP contribution in [0.2, 0.25) is 0 Å². The fraction of sp³-hybridized carbons (Fsp3) is 0.593.